The number of ether oxygens (including phenoxy) is 1. The average molecular weight is 272 g/mol. The number of methoxy groups -OCH3 is 1. The number of nitrogens with zero attached hydrogens (tertiary/aromatic N) is 1. The monoisotopic (exact) mass is 272 g/mol. The van der Waals surface area contributed by atoms with Crippen molar-refractivity contribution in [3.8, 4) is 5.75 Å². The smallest absolute Gasteiger partial charge is 0.337 e. The van der Waals surface area contributed by atoms with Crippen LogP contribution in [0.25, 0.3) is 0 Å². The van der Waals surface area contributed by atoms with E-state index < -0.39 is 11.9 Å². The minimum atomic E-state index is -0.527. The first kappa shape index (κ1) is 13.5. The second-order valence-corrected chi connectivity index (χ2v) is 3.90. The minimum absolute atomic E-state index is 0.0565. The second-order valence-electron chi connectivity index (χ2n) is 3.90. The van der Waals surface area contributed by atoms with Gasteiger partial charge in [0.15, 0.2) is 11.6 Å². The topological polar surface area (TPSA) is 88.5 Å². The fourth-order valence-corrected chi connectivity index (χ4v) is 1.58. The van der Waals surface area contributed by atoms with Gasteiger partial charge in [-0.1, -0.05) is 6.07 Å². The van der Waals surface area contributed by atoms with E-state index in [9.17, 15) is 14.7 Å². The number of esters is 1. The first-order chi connectivity index (χ1) is 9.61. The Bertz CT molecular complexity index is 655. The van der Waals surface area contributed by atoms with Crippen LogP contribution < -0.4 is 5.32 Å². The molecule has 102 valence electrons. The number of anilines is 1. The van der Waals surface area contributed by atoms with Gasteiger partial charge in [0.05, 0.1) is 12.7 Å². The third kappa shape index (κ3) is 2.92. The first-order valence-electron chi connectivity index (χ1n) is 5.75. The summed E-state index contributed by atoms with van der Waals surface area (Å²) in [6.45, 7) is 0. The largest absolute Gasteiger partial charge is 0.504 e. The highest BCUT2D eigenvalue weighted by molar-refractivity contribution is 6.05. The molecule has 0 saturated carbocycles. The maximum absolute atomic E-state index is 12.0. The minimum Gasteiger partial charge on any atom is -0.504 e. The van der Waals surface area contributed by atoms with E-state index in [4.69, 9.17) is 0 Å². The van der Waals surface area contributed by atoms with Gasteiger partial charge in [0, 0.05) is 11.8 Å². The maximum Gasteiger partial charge on any atom is 0.337 e. The summed E-state index contributed by atoms with van der Waals surface area (Å²) >= 11 is 0. The van der Waals surface area contributed by atoms with Crippen LogP contribution in [0.2, 0.25) is 0 Å². The molecule has 0 unspecified atom stereocenters. The number of carbonyl (C=O) groups is 2. The summed E-state index contributed by atoms with van der Waals surface area (Å²) in [6.07, 6.45) is 1.44. The zero-order valence-corrected chi connectivity index (χ0v) is 10.7. The van der Waals surface area contributed by atoms with E-state index in [1.165, 1.54) is 25.4 Å². The molecule has 0 bridgehead atoms. The van der Waals surface area contributed by atoms with Crippen LogP contribution in [-0.2, 0) is 4.74 Å². The van der Waals surface area contributed by atoms with Crippen molar-refractivity contribution >= 4 is 17.7 Å². The van der Waals surface area contributed by atoms with Crippen LogP contribution in [-0.4, -0.2) is 29.1 Å². The van der Waals surface area contributed by atoms with Gasteiger partial charge >= 0.3 is 5.97 Å². The number of hydrogen-bond donors (Lipinski definition) is 2. The zero-order valence-electron chi connectivity index (χ0n) is 10.7. The number of hydrogen-bond acceptors (Lipinski definition) is 5. The van der Waals surface area contributed by atoms with Gasteiger partial charge in [-0.15, -0.1) is 0 Å². The van der Waals surface area contributed by atoms with Crippen LogP contribution in [0.15, 0.2) is 42.6 Å². The molecule has 2 N–H and O–H groups in total. The second kappa shape index (κ2) is 5.83. The Morgan fingerprint density at radius 3 is 2.65 bits per heavy atom. The summed E-state index contributed by atoms with van der Waals surface area (Å²) in [4.78, 5) is 27.3. The van der Waals surface area contributed by atoms with Gasteiger partial charge < -0.3 is 15.2 Å². The first-order valence-corrected chi connectivity index (χ1v) is 5.75. The van der Waals surface area contributed by atoms with Crippen molar-refractivity contribution in [2.24, 2.45) is 0 Å². The van der Waals surface area contributed by atoms with E-state index in [1.807, 2.05) is 0 Å². The van der Waals surface area contributed by atoms with Crippen molar-refractivity contribution in [3.63, 3.8) is 0 Å². The Labute approximate surface area is 115 Å². The third-order valence-electron chi connectivity index (χ3n) is 2.56. The van der Waals surface area contributed by atoms with Crippen LogP contribution in [0, 0.1) is 0 Å². The molecule has 0 aliphatic rings. The molecule has 0 radical (unpaired) electrons. The molecule has 0 fully saturated rings. The van der Waals surface area contributed by atoms with Crippen molar-refractivity contribution in [1.82, 2.24) is 4.98 Å². The standard InChI is InChI=1S/C14H12N2O4/c1-20-14(19)10-5-2-4-9(8-10)13(18)16-12-11(17)6-3-7-15-12/h2-8,17H,1H3,(H,15,16,18). The van der Waals surface area contributed by atoms with Crippen LogP contribution in [0.3, 0.4) is 0 Å². The number of nitrogens with one attached hydrogen (secondary N) is 1. The molecule has 0 aliphatic heterocycles. The zero-order chi connectivity index (χ0) is 14.5. The van der Waals surface area contributed by atoms with E-state index in [0.717, 1.165) is 0 Å². The molecule has 1 amide bonds. The predicted molar refractivity (Wildman–Crippen MR) is 71.6 cm³/mol. The fraction of sp³-hybridized carbons (Fsp3) is 0.0714. The van der Waals surface area contributed by atoms with Crippen LogP contribution in [0.5, 0.6) is 5.75 Å². The highest BCUT2D eigenvalue weighted by atomic mass is 16.5. The van der Waals surface area contributed by atoms with Gasteiger partial charge in [0.1, 0.15) is 0 Å². The van der Waals surface area contributed by atoms with Crippen LogP contribution in [0.1, 0.15) is 20.7 Å². The molecule has 2 aromatic rings. The van der Waals surface area contributed by atoms with Crippen molar-refractivity contribution < 1.29 is 19.4 Å². The van der Waals surface area contributed by atoms with Gasteiger partial charge in [-0.2, -0.15) is 0 Å². The molecule has 20 heavy (non-hydrogen) atoms. The molecule has 0 saturated heterocycles. The summed E-state index contributed by atoms with van der Waals surface area (Å²) in [5.41, 5.74) is 0.531. The molecular weight excluding hydrogens is 260 g/mol. The lowest BCUT2D eigenvalue weighted by atomic mass is 10.1. The summed E-state index contributed by atoms with van der Waals surface area (Å²) in [6, 6.07) is 9.01. The van der Waals surface area contributed by atoms with Gasteiger partial charge in [-0.05, 0) is 30.3 Å². The van der Waals surface area contributed by atoms with Crippen molar-refractivity contribution in [3.05, 3.63) is 53.7 Å². The number of carbonyl (C=O) groups excluding carboxylic acids is 2. The summed E-state index contributed by atoms with van der Waals surface area (Å²) in [7, 11) is 1.26. The number of benzene rings is 1. The number of pyridine rings is 1. The number of aromatic nitrogens is 1. The summed E-state index contributed by atoms with van der Waals surface area (Å²) < 4.78 is 4.59. The van der Waals surface area contributed by atoms with Gasteiger partial charge in [0.2, 0.25) is 0 Å². The van der Waals surface area contributed by atoms with Crippen molar-refractivity contribution in [1.29, 1.82) is 0 Å². The Morgan fingerprint density at radius 1 is 1.20 bits per heavy atom. The van der Waals surface area contributed by atoms with E-state index >= 15 is 0 Å². The summed E-state index contributed by atoms with van der Waals surface area (Å²) in [5.74, 6) is -1.09. The van der Waals surface area contributed by atoms with Crippen LogP contribution in [0.4, 0.5) is 5.82 Å². The number of amides is 1. The lowest BCUT2D eigenvalue weighted by Crippen LogP contribution is -2.14. The van der Waals surface area contributed by atoms with Gasteiger partial charge in [-0.3, -0.25) is 4.79 Å². The SMILES string of the molecule is COC(=O)c1cccc(C(=O)Nc2ncccc2O)c1. The molecule has 1 heterocycles. The predicted octanol–water partition coefficient (Wildman–Crippen LogP) is 1.83. The lowest BCUT2D eigenvalue weighted by molar-refractivity contribution is 0.0600. The molecule has 0 atom stereocenters. The van der Waals surface area contributed by atoms with Gasteiger partial charge in [0.25, 0.3) is 5.91 Å². The van der Waals surface area contributed by atoms with Crippen molar-refractivity contribution in [2.75, 3.05) is 12.4 Å². The molecule has 0 spiro atoms. The molecular formula is C14H12N2O4. The maximum atomic E-state index is 12.0. The van der Waals surface area contributed by atoms with Crippen LogP contribution >= 0.6 is 0 Å². The lowest BCUT2D eigenvalue weighted by Gasteiger charge is -2.06. The molecule has 1 aromatic heterocycles. The third-order valence-corrected chi connectivity index (χ3v) is 2.56. The Kier molecular flexibility index (Phi) is 3.95. The number of aromatic hydroxyl groups is 1. The normalized spacial score (nSPS) is 9.85. The Hall–Kier alpha value is -2.89. The van der Waals surface area contributed by atoms with E-state index in [-0.39, 0.29) is 22.7 Å². The Balaban J connectivity index is 2.22. The van der Waals surface area contributed by atoms with E-state index in [2.05, 4.69) is 15.0 Å². The van der Waals surface area contributed by atoms with E-state index in [0.29, 0.717) is 0 Å². The quantitative estimate of drug-likeness (QED) is 0.832. The molecule has 1 aromatic carbocycles. The Morgan fingerprint density at radius 2 is 1.95 bits per heavy atom. The molecule has 6 nitrogen and oxygen atoms in total. The highest BCUT2D eigenvalue weighted by Gasteiger charge is 2.12. The fourth-order valence-electron chi connectivity index (χ4n) is 1.58. The number of rotatable bonds is 3. The van der Waals surface area contributed by atoms with E-state index in [1.54, 1.807) is 24.3 Å². The highest BCUT2D eigenvalue weighted by Crippen LogP contribution is 2.19. The molecule has 6 heteroatoms. The molecule has 2 rings (SSSR count). The van der Waals surface area contributed by atoms with Crippen molar-refractivity contribution in [2.45, 2.75) is 0 Å². The average Bonchev–Trinajstić information content (AvgIpc) is 2.49. The molecule has 0 aliphatic carbocycles. The van der Waals surface area contributed by atoms with Gasteiger partial charge in [-0.25, -0.2) is 9.78 Å². The summed E-state index contributed by atoms with van der Waals surface area (Å²) in [5, 5.41) is 12.0.